The van der Waals surface area contributed by atoms with E-state index in [4.69, 9.17) is 4.74 Å². The molecule has 0 unspecified atom stereocenters. The second kappa shape index (κ2) is 10.8. The molecule has 168 valence electrons. The highest BCUT2D eigenvalue weighted by Crippen LogP contribution is 2.32. The van der Waals surface area contributed by atoms with Crippen molar-refractivity contribution in [2.45, 2.75) is 64.5 Å². The molecular formula is C23H32BrF2NO3. The van der Waals surface area contributed by atoms with Gasteiger partial charge in [0.05, 0.1) is 5.33 Å². The highest BCUT2D eigenvalue weighted by Gasteiger charge is 2.37. The van der Waals surface area contributed by atoms with E-state index in [2.05, 4.69) is 20.8 Å². The number of carbonyl (C=O) groups is 2. The second-order valence-electron chi connectivity index (χ2n) is 9.22. The van der Waals surface area contributed by atoms with Gasteiger partial charge in [0.25, 0.3) is 5.92 Å². The van der Waals surface area contributed by atoms with Crippen LogP contribution in [-0.2, 0) is 20.9 Å². The summed E-state index contributed by atoms with van der Waals surface area (Å²) >= 11 is 2.79. The van der Waals surface area contributed by atoms with Crippen LogP contribution in [0.5, 0.6) is 0 Å². The van der Waals surface area contributed by atoms with Crippen LogP contribution in [0.15, 0.2) is 30.3 Å². The Labute approximate surface area is 186 Å². The Hall–Kier alpha value is -1.34. The monoisotopic (exact) mass is 487 g/mol. The fourth-order valence-electron chi connectivity index (χ4n) is 3.85. The molecule has 2 rings (SSSR count). The number of rotatable bonds is 10. The van der Waals surface area contributed by atoms with Crippen LogP contribution in [0.4, 0.5) is 8.78 Å². The molecule has 1 aliphatic heterocycles. The number of ether oxygens (including phenoxy) is 1. The SMILES string of the molecule is CC(C)(C)OC(=O)C[C@H]1CN(Cc2ccccc2)C[C@@H]1CC(=O)CCC(F)(F)CBr. The summed E-state index contributed by atoms with van der Waals surface area (Å²) in [5.74, 6) is -3.38. The van der Waals surface area contributed by atoms with Gasteiger partial charge in [0, 0.05) is 45.3 Å². The van der Waals surface area contributed by atoms with Crippen molar-refractivity contribution in [1.29, 1.82) is 0 Å². The predicted octanol–water partition coefficient (Wildman–Crippen LogP) is 5.24. The van der Waals surface area contributed by atoms with E-state index < -0.39 is 23.3 Å². The summed E-state index contributed by atoms with van der Waals surface area (Å²) in [6.07, 6.45) is -0.142. The number of nitrogens with zero attached hydrogens (tertiary/aromatic N) is 1. The van der Waals surface area contributed by atoms with Gasteiger partial charge in [-0.1, -0.05) is 46.3 Å². The molecule has 0 aromatic heterocycles. The number of Topliss-reactive ketones (excluding diaryl/α,β-unsaturated/α-hetero) is 1. The third kappa shape index (κ3) is 8.80. The molecule has 0 spiro atoms. The maximum absolute atomic E-state index is 13.5. The number of ketones is 1. The fraction of sp³-hybridized carbons (Fsp3) is 0.652. The van der Waals surface area contributed by atoms with Crippen LogP contribution < -0.4 is 0 Å². The van der Waals surface area contributed by atoms with E-state index in [0.717, 1.165) is 12.1 Å². The molecule has 0 bridgehead atoms. The Bertz CT molecular complexity index is 706. The third-order valence-electron chi connectivity index (χ3n) is 5.20. The van der Waals surface area contributed by atoms with Crippen molar-refractivity contribution in [3.8, 4) is 0 Å². The summed E-state index contributed by atoms with van der Waals surface area (Å²) in [5, 5.41) is -0.442. The van der Waals surface area contributed by atoms with Crippen molar-refractivity contribution < 1.29 is 23.1 Å². The van der Waals surface area contributed by atoms with Crippen LogP contribution in [0, 0.1) is 11.8 Å². The van der Waals surface area contributed by atoms with Crippen LogP contribution in [0.2, 0.25) is 0 Å². The first-order valence-electron chi connectivity index (χ1n) is 10.4. The molecule has 1 aliphatic rings. The average molecular weight is 488 g/mol. The number of carbonyl (C=O) groups excluding carboxylic acids is 2. The number of halogens is 3. The standard InChI is InChI=1S/C23H32BrF2NO3/c1-22(2,3)30-21(29)12-19-15-27(13-17-7-5-4-6-8-17)14-18(19)11-20(28)9-10-23(25,26)16-24/h4-8,18-19H,9-16H2,1-3H3/t18-,19-/m0/s1. The van der Waals surface area contributed by atoms with Crippen LogP contribution in [0.1, 0.15) is 52.0 Å². The molecule has 30 heavy (non-hydrogen) atoms. The Morgan fingerprint density at radius 2 is 1.70 bits per heavy atom. The molecule has 1 aromatic rings. The van der Waals surface area contributed by atoms with Crippen molar-refractivity contribution in [3.05, 3.63) is 35.9 Å². The quantitative estimate of drug-likeness (QED) is 0.334. The number of hydrogen-bond donors (Lipinski definition) is 0. The predicted molar refractivity (Wildman–Crippen MR) is 117 cm³/mol. The Morgan fingerprint density at radius 3 is 2.27 bits per heavy atom. The Balaban J connectivity index is 2.00. The van der Waals surface area contributed by atoms with E-state index in [1.54, 1.807) is 0 Å². The number of alkyl halides is 3. The van der Waals surface area contributed by atoms with Gasteiger partial charge >= 0.3 is 5.97 Å². The van der Waals surface area contributed by atoms with E-state index in [1.807, 2.05) is 51.1 Å². The van der Waals surface area contributed by atoms with Crippen molar-refractivity contribution in [3.63, 3.8) is 0 Å². The largest absolute Gasteiger partial charge is 0.460 e. The first kappa shape index (κ1) is 24.9. The van der Waals surface area contributed by atoms with Gasteiger partial charge in [0.1, 0.15) is 11.4 Å². The van der Waals surface area contributed by atoms with Crippen molar-refractivity contribution in [2.24, 2.45) is 11.8 Å². The highest BCUT2D eigenvalue weighted by atomic mass is 79.9. The molecule has 1 heterocycles. The van der Waals surface area contributed by atoms with Gasteiger partial charge in [-0.15, -0.1) is 0 Å². The number of benzene rings is 1. The molecule has 7 heteroatoms. The summed E-state index contributed by atoms with van der Waals surface area (Å²) in [4.78, 5) is 27.0. The zero-order chi connectivity index (χ0) is 22.4. The number of hydrogen-bond acceptors (Lipinski definition) is 4. The Kier molecular flexibility index (Phi) is 8.98. The molecule has 1 fully saturated rings. The Morgan fingerprint density at radius 1 is 1.10 bits per heavy atom. The van der Waals surface area contributed by atoms with Gasteiger partial charge in [0.2, 0.25) is 0 Å². The molecule has 4 nitrogen and oxygen atoms in total. The van der Waals surface area contributed by atoms with E-state index in [1.165, 1.54) is 0 Å². The topological polar surface area (TPSA) is 46.6 Å². The fourth-order valence-corrected chi connectivity index (χ4v) is 4.13. The smallest absolute Gasteiger partial charge is 0.306 e. The summed E-state index contributed by atoms with van der Waals surface area (Å²) < 4.78 is 32.4. The van der Waals surface area contributed by atoms with Crippen LogP contribution in [0.3, 0.4) is 0 Å². The van der Waals surface area contributed by atoms with Gasteiger partial charge in [-0.05, 0) is 38.2 Å². The van der Waals surface area contributed by atoms with Crippen molar-refractivity contribution in [1.82, 2.24) is 4.90 Å². The van der Waals surface area contributed by atoms with Crippen LogP contribution in [0.25, 0.3) is 0 Å². The van der Waals surface area contributed by atoms with Crippen LogP contribution in [-0.4, -0.2) is 46.6 Å². The zero-order valence-electron chi connectivity index (χ0n) is 18.0. The van der Waals surface area contributed by atoms with E-state index in [0.29, 0.717) is 13.1 Å². The van der Waals surface area contributed by atoms with Gasteiger partial charge in [-0.3, -0.25) is 14.5 Å². The van der Waals surface area contributed by atoms with E-state index in [-0.39, 0.29) is 42.9 Å². The lowest BCUT2D eigenvalue weighted by Gasteiger charge is -2.22. The summed E-state index contributed by atoms with van der Waals surface area (Å²) in [6, 6.07) is 10.0. The van der Waals surface area contributed by atoms with Gasteiger partial charge in [0.15, 0.2) is 0 Å². The lowest BCUT2D eigenvalue weighted by atomic mass is 9.87. The third-order valence-corrected chi connectivity index (χ3v) is 6.03. The highest BCUT2D eigenvalue weighted by molar-refractivity contribution is 9.09. The average Bonchev–Trinajstić information content (AvgIpc) is 3.00. The molecule has 0 N–H and O–H groups in total. The first-order valence-corrected chi connectivity index (χ1v) is 11.5. The zero-order valence-corrected chi connectivity index (χ0v) is 19.6. The molecular weight excluding hydrogens is 456 g/mol. The molecule has 1 saturated heterocycles. The first-order chi connectivity index (χ1) is 14.0. The summed E-state index contributed by atoms with van der Waals surface area (Å²) in [6.45, 7) is 7.57. The lowest BCUT2D eigenvalue weighted by Crippen LogP contribution is -2.27. The minimum Gasteiger partial charge on any atom is -0.460 e. The van der Waals surface area contributed by atoms with Crippen molar-refractivity contribution >= 4 is 27.7 Å². The minimum absolute atomic E-state index is 0.0239. The minimum atomic E-state index is -2.87. The molecule has 0 aliphatic carbocycles. The summed E-state index contributed by atoms with van der Waals surface area (Å²) in [7, 11) is 0. The van der Waals surface area contributed by atoms with Gasteiger partial charge in [-0.25, -0.2) is 8.78 Å². The van der Waals surface area contributed by atoms with Crippen molar-refractivity contribution in [2.75, 3.05) is 18.4 Å². The van der Waals surface area contributed by atoms with E-state index in [9.17, 15) is 18.4 Å². The number of likely N-dealkylation sites (tertiary alicyclic amines) is 1. The van der Waals surface area contributed by atoms with Gasteiger partial charge in [-0.2, -0.15) is 0 Å². The molecule has 1 aromatic carbocycles. The molecule has 0 amide bonds. The molecule has 0 radical (unpaired) electrons. The van der Waals surface area contributed by atoms with Crippen LogP contribution >= 0.6 is 15.9 Å². The molecule has 0 saturated carbocycles. The maximum atomic E-state index is 13.5. The normalized spacial score (nSPS) is 20.3. The second-order valence-corrected chi connectivity index (χ2v) is 9.78. The number of esters is 1. The molecule has 2 atom stereocenters. The van der Waals surface area contributed by atoms with Gasteiger partial charge < -0.3 is 4.74 Å². The van der Waals surface area contributed by atoms with E-state index >= 15 is 0 Å². The lowest BCUT2D eigenvalue weighted by molar-refractivity contribution is -0.156. The maximum Gasteiger partial charge on any atom is 0.306 e. The summed E-state index contributed by atoms with van der Waals surface area (Å²) in [5.41, 5.74) is 0.601.